The van der Waals surface area contributed by atoms with Crippen LogP contribution in [0, 0.1) is 18.8 Å². The molecule has 0 bridgehead atoms. The first kappa shape index (κ1) is 91.6. The topological polar surface area (TPSA) is 557 Å². The van der Waals surface area contributed by atoms with E-state index in [1.165, 1.54) is 36.4 Å². The number of carbonyl (C=O) groups excluding carboxylic acids is 7. The number of aryl methyl sites for hydroxylation is 1. The van der Waals surface area contributed by atoms with Gasteiger partial charge in [-0.3, -0.25) is 67.1 Å². The molecule has 624 valence electrons. The highest BCUT2D eigenvalue weighted by atomic mass is 32.2. The summed E-state index contributed by atoms with van der Waals surface area (Å²) in [6.45, 7) is 13.1. The Morgan fingerprint density at radius 3 is 1.90 bits per heavy atom. The third-order valence-electron chi connectivity index (χ3n) is 20.6. The first-order valence-corrected chi connectivity index (χ1v) is 43.7. The molecule has 33 nitrogen and oxygen atoms in total. The van der Waals surface area contributed by atoms with Gasteiger partial charge in [0.05, 0.1) is 32.3 Å². The molecule has 5 atom stereocenters. The molecule has 1 saturated heterocycles. The Bertz CT molecular complexity index is 4660. The summed E-state index contributed by atoms with van der Waals surface area (Å²) in [5.41, 5.74) is 45.2. The highest BCUT2D eigenvalue weighted by Crippen LogP contribution is 2.49. The van der Waals surface area contributed by atoms with E-state index in [1.54, 1.807) is 6.07 Å². The van der Waals surface area contributed by atoms with Crippen molar-refractivity contribution in [2.45, 2.75) is 195 Å². The van der Waals surface area contributed by atoms with Crippen LogP contribution in [0.15, 0.2) is 132 Å². The second-order valence-corrected chi connectivity index (χ2v) is 35.5. The van der Waals surface area contributed by atoms with E-state index in [-0.39, 0.29) is 128 Å². The normalized spacial score (nSPS) is 17.8. The van der Waals surface area contributed by atoms with Crippen molar-refractivity contribution in [1.29, 1.82) is 0 Å². The van der Waals surface area contributed by atoms with E-state index in [4.69, 9.17) is 44.9 Å². The third-order valence-corrected chi connectivity index (χ3v) is 24.4. The molecule has 3 heterocycles. The molecule has 1 aliphatic carbocycles. The maximum absolute atomic E-state index is 14.2. The van der Waals surface area contributed by atoms with Gasteiger partial charge in [-0.25, -0.2) is 0 Å². The number of carbonyl (C=O) groups is 7. The van der Waals surface area contributed by atoms with E-state index < -0.39 is 106 Å². The van der Waals surface area contributed by atoms with Crippen LogP contribution in [0.5, 0.6) is 5.75 Å². The number of hydrogen-bond donors (Lipinski definition) is 13. The number of nitrogens with two attached hydrogens (primary N) is 7. The molecule has 4 aliphatic rings. The van der Waals surface area contributed by atoms with Gasteiger partial charge < -0.3 is 65.7 Å². The first-order chi connectivity index (χ1) is 53.6. The van der Waals surface area contributed by atoms with E-state index in [2.05, 4.69) is 60.3 Å². The van der Waals surface area contributed by atoms with E-state index in [9.17, 15) is 72.5 Å². The van der Waals surface area contributed by atoms with Crippen LogP contribution in [0.4, 0.5) is 11.4 Å². The van der Waals surface area contributed by atoms with Gasteiger partial charge >= 0.3 is 0 Å². The number of rotatable bonds is 45. The van der Waals surface area contributed by atoms with Crippen LogP contribution in [-0.2, 0) is 74.7 Å². The van der Waals surface area contributed by atoms with Crippen LogP contribution in [0.2, 0.25) is 0 Å². The van der Waals surface area contributed by atoms with Crippen molar-refractivity contribution < 1.29 is 81.8 Å². The number of ketones is 1. The number of likely N-dealkylation sites (tertiary alicyclic amines) is 1. The lowest BCUT2D eigenvalue weighted by Crippen LogP contribution is -2.50. The van der Waals surface area contributed by atoms with Gasteiger partial charge in [0.1, 0.15) is 24.1 Å². The number of anilines is 1. The number of Topliss-reactive ketones (excluding diaryl/α,β-unsaturated/α-hetero) is 1. The van der Waals surface area contributed by atoms with Crippen molar-refractivity contribution in [3.05, 3.63) is 124 Å². The molecule has 0 aromatic heterocycles. The molecular formula is C77H111N16O17S4+. The van der Waals surface area contributed by atoms with E-state index in [0.717, 1.165) is 56.0 Å². The SMILES string of the molecule is CC[C@H](CCCN=C(N)N)C(=O)N[C@H](CCCN=C(N)N)C(=O)C[C@H](CCCN=C(N)N)C(=O)N[C@H](CSC1CC(=O)N(CCNC(=O)CCCCC[N+]2=C(C=CC3=C(Oc4ccc(S(=O)(=O)O)cc4)C(=CC=C4N(CCCCS(=O)(=O)O)c5ccc(C)cc5C4(C)C)CCC3)C(C)(C)c3cc(S(=O)(=O)O)ccc32)C1=O)C(N)=O. The third kappa shape index (κ3) is 26.3. The predicted octanol–water partition coefficient (Wildman–Crippen LogP) is 4.97. The number of imide groups is 1. The molecule has 20 N–H and O–H groups in total. The Hall–Kier alpha value is -9.53. The van der Waals surface area contributed by atoms with Gasteiger partial charge in [0.25, 0.3) is 30.4 Å². The fraction of sp³-hybridized carbons (Fsp3) is 0.519. The Kier molecular flexibility index (Phi) is 33.1. The number of amides is 6. The number of aliphatic imine (C=N–C) groups is 3. The Labute approximate surface area is 671 Å². The molecule has 1 unspecified atom stereocenters. The quantitative estimate of drug-likeness (QED) is 0.00887. The second kappa shape index (κ2) is 41.2. The number of guanidine groups is 3. The van der Waals surface area contributed by atoms with Crippen molar-refractivity contribution in [2.24, 2.45) is 66.9 Å². The maximum Gasteiger partial charge on any atom is 0.294 e. The van der Waals surface area contributed by atoms with Gasteiger partial charge in [-0.05, 0) is 182 Å². The minimum absolute atomic E-state index is 0.0613. The largest absolute Gasteiger partial charge is 0.457 e. The van der Waals surface area contributed by atoms with E-state index in [0.29, 0.717) is 101 Å². The molecule has 3 aromatic carbocycles. The van der Waals surface area contributed by atoms with Gasteiger partial charge in [0, 0.05) is 117 Å². The lowest BCUT2D eigenvalue weighted by molar-refractivity contribution is -0.438. The number of nitrogens with zero attached hydrogens (tertiary/aromatic N) is 6. The summed E-state index contributed by atoms with van der Waals surface area (Å²) in [6.07, 6.45) is 13.4. The van der Waals surface area contributed by atoms with Crippen LogP contribution >= 0.6 is 11.8 Å². The minimum atomic E-state index is -4.62. The zero-order chi connectivity index (χ0) is 84.0. The van der Waals surface area contributed by atoms with Gasteiger partial charge in [0.15, 0.2) is 29.4 Å². The Morgan fingerprint density at radius 2 is 1.29 bits per heavy atom. The van der Waals surface area contributed by atoms with Crippen LogP contribution < -0.4 is 65.7 Å². The maximum atomic E-state index is 14.2. The zero-order valence-electron chi connectivity index (χ0n) is 65.5. The summed E-state index contributed by atoms with van der Waals surface area (Å²) in [5.74, 6) is -5.86. The van der Waals surface area contributed by atoms with Crippen LogP contribution in [-0.4, -0.2) is 188 Å². The summed E-state index contributed by atoms with van der Waals surface area (Å²) in [4.78, 5) is 110. The zero-order valence-corrected chi connectivity index (χ0v) is 68.7. The first-order valence-electron chi connectivity index (χ1n) is 38.1. The molecule has 7 rings (SSSR count). The van der Waals surface area contributed by atoms with E-state index in [1.807, 2.05) is 64.1 Å². The summed E-state index contributed by atoms with van der Waals surface area (Å²) in [6, 6.07) is 13.6. The van der Waals surface area contributed by atoms with Crippen LogP contribution in [0.25, 0.3) is 0 Å². The molecule has 1 fully saturated rings. The number of unbranched alkanes of at least 4 members (excludes halogenated alkanes) is 3. The molecule has 3 aliphatic heterocycles. The predicted molar refractivity (Wildman–Crippen MR) is 438 cm³/mol. The molecule has 0 spiro atoms. The monoisotopic (exact) mass is 1660 g/mol. The van der Waals surface area contributed by atoms with Crippen molar-refractivity contribution in [3.8, 4) is 5.75 Å². The second-order valence-electron chi connectivity index (χ2n) is 29.9. The highest BCUT2D eigenvalue weighted by molar-refractivity contribution is 8.00. The molecule has 6 amide bonds. The number of allylic oxidation sites excluding steroid dienone is 7. The van der Waals surface area contributed by atoms with Gasteiger partial charge in [0.2, 0.25) is 41.1 Å². The number of fused-ring (bicyclic) bond motifs is 2. The summed E-state index contributed by atoms with van der Waals surface area (Å²) < 4.78 is 111. The fourth-order valence-electron chi connectivity index (χ4n) is 14.4. The lowest BCUT2D eigenvalue weighted by atomic mass is 9.81. The Morgan fingerprint density at radius 1 is 0.675 bits per heavy atom. The standard InChI is InChI=1S/C77H110N16O17S4/c1-7-49(19-14-35-86-73(79)80)70(98)89-58(21-16-37-88-75(83)84)62(94)44-52(20-15-36-87-74(81)82)71(99)90-59(69(78)97)47-111-63-46-67(96)93(72(63)100)41-38-85-66(95)22-9-8-10-39-91-61-32-30-55(114(107,108)109)45-57(61)77(5,6)65(91)34-25-51-18-13-17-50(68(51)110-53-26-28-54(29-27-53)113(104,105)106)24-33-64-76(3,4)56-43-48(2)23-31-60(56)92(64)40-11-12-42-112(101,102)103/h23-34,43,45,49,52,58-59,63H,7-22,35-42,44,46-47H2,1-6H3,(H19-,78,79,80,81,82,83,84,85,86,87,88,89,90,95,97,98,99,101,102,103,104,105,106,107,108,109)/p+1/t49-,52+,58-,59-,63?/m1/s1. The molecule has 0 radical (unpaired) electrons. The van der Waals surface area contributed by atoms with Crippen LogP contribution in [0.1, 0.15) is 167 Å². The van der Waals surface area contributed by atoms with Crippen molar-refractivity contribution in [3.63, 3.8) is 0 Å². The smallest absolute Gasteiger partial charge is 0.294 e. The average molecular weight is 1660 g/mol. The number of hydrogen-bond acceptors (Lipinski definition) is 19. The molecule has 0 saturated carbocycles. The molecule has 37 heteroatoms. The Balaban J connectivity index is 1.01. The summed E-state index contributed by atoms with van der Waals surface area (Å²) >= 11 is 0.932. The molecule has 114 heavy (non-hydrogen) atoms. The van der Waals surface area contributed by atoms with Crippen molar-refractivity contribution in [2.75, 3.05) is 62.2 Å². The van der Waals surface area contributed by atoms with Gasteiger partial charge in [-0.1, -0.05) is 44.5 Å². The fourth-order valence-corrected chi connectivity index (χ4v) is 17.2. The van der Waals surface area contributed by atoms with E-state index >= 15 is 0 Å². The summed E-state index contributed by atoms with van der Waals surface area (Å²) in [7, 11) is -13.3. The highest BCUT2D eigenvalue weighted by Gasteiger charge is 2.46. The molecular weight excluding hydrogens is 1550 g/mol. The number of ether oxygens (including phenoxy) is 1. The van der Waals surface area contributed by atoms with Crippen LogP contribution in [0.3, 0.4) is 0 Å². The average Bonchev–Trinajstić information content (AvgIpc) is 1.60. The van der Waals surface area contributed by atoms with Gasteiger partial charge in [-0.15, -0.1) is 11.8 Å². The number of nitrogens with one attached hydrogen (secondary N) is 3. The van der Waals surface area contributed by atoms with Gasteiger partial charge in [-0.2, -0.15) is 29.8 Å². The number of benzene rings is 3. The number of primary amides is 1. The van der Waals surface area contributed by atoms with Crippen molar-refractivity contribution >= 4 is 118 Å². The molecule has 3 aromatic rings. The lowest BCUT2D eigenvalue weighted by Gasteiger charge is -2.27. The number of thioether (sulfide) groups is 1. The summed E-state index contributed by atoms with van der Waals surface area (Å²) in [5, 5.41) is 7.31. The van der Waals surface area contributed by atoms with Crippen molar-refractivity contribution in [1.82, 2.24) is 20.9 Å². The minimum Gasteiger partial charge on any atom is -0.457 e.